The molecule has 49 heavy (non-hydrogen) atoms. The van der Waals surface area contributed by atoms with E-state index in [0.29, 0.717) is 33.2 Å². The third kappa shape index (κ3) is 6.74. The minimum Gasteiger partial charge on any atom is -0.449 e. The van der Waals surface area contributed by atoms with Gasteiger partial charge in [-0.05, 0) is 47.9 Å². The fourth-order valence-corrected chi connectivity index (χ4v) is 6.58. The highest BCUT2D eigenvalue weighted by Gasteiger charge is 2.64. The van der Waals surface area contributed by atoms with E-state index in [9.17, 15) is 22.8 Å². The number of alkyl halides is 3. The molecule has 4 aromatic rings. The van der Waals surface area contributed by atoms with Crippen molar-refractivity contribution in [3.05, 3.63) is 83.5 Å². The second-order valence-electron chi connectivity index (χ2n) is 13.6. The Morgan fingerprint density at radius 2 is 1.86 bits per heavy atom. The van der Waals surface area contributed by atoms with Crippen molar-refractivity contribution in [3.8, 4) is 22.6 Å². The van der Waals surface area contributed by atoms with E-state index in [1.54, 1.807) is 36.8 Å². The lowest BCUT2D eigenvalue weighted by molar-refractivity contribution is -0.164. The Hall–Kier alpha value is -4.85. The first-order valence-corrected chi connectivity index (χ1v) is 15.9. The second kappa shape index (κ2) is 12.6. The molecule has 1 amide bonds. The quantitative estimate of drug-likeness (QED) is 0.182. The predicted molar refractivity (Wildman–Crippen MR) is 175 cm³/mol. The fourth-order valence-electron chi connectivity index (χ4n) is 6.37. The van der Waals surface area contributed by atoms with Crippen LogP contribution in [0.5, 0.6) is 0 Å². The number of amidine groups is 1. The Morgan fingerprint density at radius 1 is 1.12 bits per heavy atom. The number of amides is 1. The third-order valence-electron chi connectivity index (χ3n) is 8.86. The van der Waals surface area contributed by atoms with Crippen LogP contribution in [0.1, 0.15) is 57.1 Å². The summed E-state index contributed by atoms with van der Waals surface area (Å²) in [4.78, 5) is 45.2. The van der Waals surface area contributed by atoms with Gasteiger partial charge in [0.25, 0.3) is 0 Å². The molecule has 0 saturated heterocycles. The number of hydrogen-bond acceptors (Lipinski definition) is 9. The number of aliphatic imine (C=N–C) groups is 1. The Balaban J connectivity index is 1.38. The molecule has 1 aliphatic heterocycles. The van der Waals surface area contributed by atoms with E-state index in [1.807, 2.05) is 50.4 Å². The number of rotatable bonds is 9. The van der Waals surface area contributed by atoms with Crippen LogP contribution in [0, 0.1) is 11.3 Å². The van der Waals surface area contributed by atoms with Crippen molar-refractivity contribution in [2.24, 2.45) is 22.1 Å². The molecule has 6 rings (SSSR count). The van der Waals surface area contributed by atoms with Crippen LogP contribution >= 0.6 is 11.6 Å². The Morgan fingerprint density at radius 3 is 2.45 bits per heavy atom. The van der Waals surface area contributed by atoms with Gasteiger partial charge in [0, 0.05) is 29.4 Å². The highest BCUT2D eigenvalue weighted by atomic mass is 35.5. The first-order valence-electron chi connectivity index (χ1n) is 15.6. The first-order chi connectivity index (χ1) is 23.1. The lowest BCUT2D eigenvalue weighted by Crippen LogP contribution is -2.48. The van der Waals surface area contributed by atoms with E-state index in [4.69, 9.17) is 27.1 Å². The molecule has 1 fully saturated rings. The largest absolute Gasteiger partial charge is 0.449 e. The summed E-state index contributed by atoms with van der Waals surface area (Å²) in [5.74, 6) is -2.06. The van der Waals surface area contributed by atoms with E-state index in [0.717, 1.165) is 5.56 Å². The number of alkyl carbamates (subject to hydrolysis) is 1. The maximum absolute atomic E-state index is 14.9. The number of nitrogens with zero attached hydrogens (tertiary/aromatic N) is 5. The first kappa shape index (κ1) is 34.0. The number of hydrogen-bond donors (Lipinski definition) is 3. The van der Waals surface area contributed by atoms with Crippen molar-refractivity contribution < 1.29 is 27.5 Å². The Bertz CT molecular complexity index is 1880. The maximum atomic E-state index is 14.9. The van der Waals surface area contributed by atoms with Crippen LogP contribution in [0.15, 0.2) is 72.4 Å². The van der Waals surface area contributed by atoms with Crippen molar-refractivity contribution in [2.75, 3.05) is 6.61 Å². The molecule has 2 aliphatic rings. The smallest absolute Gasteiger partial charge is 0.411 e. The highest BCUT2D eigenvalue weighted by Crippen LogP contribution is 2.50. The number of ether oxygens (including phenoxy) is 1. The number of aromatic amines is 1. The molecule has 3 heterocycles. The summed E-state index contributed by atoms with van der Waals surface area (Å²) < 4.78 is 46.3. The second-order valence-corrected chi connectivity index (χ2v) is 14.0. The van der Waals surface area contributed by atoms with E-state index in [2.05, 4.69) is 25.1 Å². The predicted octanol–water partition coefficient (Wildman–Crippen LogP) is 6.37. The van der Waals surface area contributed by atoms with Crippen LogP contribution in [-0.2, 0) is 15.1 Å². The summed E-state index contributed by atoms with van der Waals surface area (Å²) in [7, 11) is 0. The van der Waals surface area contributed by atoms with Gasteiger partial charge >= 0.3 is 12.3 Å². The van der Waals surface area contributed by atoms with Gasteiger partial charge in [-0.2, -0.15) is 18.3 Å². The standard InChI is InChI=1S/C34H34ClF3N8O3/c1-31(2,3)17-33(21-7-4-19(5-8-21)25-15-40-12-13-41-25)27(47)26(28(39)44-33)23(16-49-30(48)45-32(10-11-32)34(36,37)38)20-6-9-24(35)22(14-20)29-42-18-43-46-29/h4-9,12-15,18,23,26H,10-11,16-17H2,1-3H3,(H2,39,44)(H,45,48)(H,42,43,46)/t23-,26?,33-/m1/s1. The molecule has 1 unspecified atom stereocenters. The molecule has 0 bridgehead atoms. The van der Waals surface area contributed by atoms with Gasteiger partial charge in [0.05, 0.1) is 22.8 Å². The lowest BCUT2D eigenvalue weighted by Gasteiger charge is -2.34. The zero-order valence-electron chi connectivity index (χ0n) is 26.9. The average molecular weight is 695 g/mol. The number of aromatic nitrogens is 5. The molecule has 1 saturated carbocycles. The van der Waals surface area contributed by atoms with Crippen LogP contribution in [-0.4, -0.2) is 61.2 Å². The lowest BCUT2D eigenvalue weighted by atomic mass is 9.70. The zero-order valence-corrected chi connectivity index (χ0v) is 27.6. The summed E-state index contributed by atoms with van der Waals surface area (Å²) in [6.07, 6.45) is -0.0206. The molecule has 2 aromatic carbocycles. The van der Waals surface area contributed by atoms with Crippen LogP contribution in [0.4, 0.5) is 18.0 Å². The molecule has 4 N–H and O–H groups in total. The van der Waals surface area contributed by atoms with Gasteiger partial charge in [-0.15, -0.1) is 0 Å². The molecule has 0 radical (unpaired) electrons. The molecule has 2 aromatic heterocycles. The zero-order chi connectivity index (χ0) is 35.2. The topological polar surface area (TPSA) is 161 Å². The molecular weight excluding hydrogens is 661 g/mol. The van der Waals surface area contributed by atoms with E-state index < -0.39 is 47.2 Å². The maximum Gasteiger partial charge on any atom is 0.411 e. The van der Waals surface area contributed by atoms with Crippen LogP contribution in [0.3, 0.4) is 0 Å². The van der Waals surface area contributed by atoms with Gasteiger partial charge in [-0.3, -0.25) is 24.9 Å². The van der Waals surface area contributed by atoms with Crippen molar-refractivity contribution in [2.45, 2.75) is 63.2 Å². The molecule has 256 valence electrons. The van der Waals surface area contributed by atoms with Gasteiger partial charge in [0.2, 0.25) is 0 Å². The fraction of sp³-hybridized carbons (Fsp3) is 0.382. The van der Waals surface area contributed by atoms with Crippen LogP contribution in [0.2, 0.25) is 5.02 Å². The molecule has 1 aliphatic carbocycles. The number of nitrogens with one attached hydrogen (secondary N) is 2. The minimum absolute atomic E-state index is 0.00591. The van der Waals surface area contributed by atoms with Crippen molar-refractivity contribution in [1.29, 1.82) is 0 Å². The summed E-state index contributed by atoms with van der Waals surface area (Å²) >= 11 is 6.50. The van der Waals surface area contributed by atoms with Crippen LogP contribution in [0.25, 0.3) is 22.6 Å². The summed E-state index contributed by atoms with van der Waals surface area (Å²) in [6, 6.07) is 12.2. The number of benzene rings is 2. The minimum atomic E-state index is -4.64. The van der Waals surface area contributed by atoms with Crippen molar-refractivity contribution in [3.63, 3.8) is 0 Å². The van der Waals surface area contributed by atoms with Gasteiger partial charge in [0.1, 0.15) is 29.8 Å². The number of carbonyl (C=O) groups excluding carboxylic acids is 2. The van der Waals surface area contributed by atoms with Gasteiger partial charge in [-0.25, -0.2) is 9.78 Å². The van der Waals surface area contributed by atoms with Gasteiger partial charge in [0.15, 0.2) is 11.6 Å². The summed E-state index contributed by atoms with van der Waals surface area (Å²) in [6.45, 7) is 5.46. The van der Waals surface area contributed by atoms with Crippen molar-refractivity contribution in [1.82, 2.24) is 30.5 Å². The number of Topliss-reactive ketones (excluding diaryl/α,β-unsaturated/α-hetero) is 1. The van der Waals surface area contributed by atoms with E-state index in [1.165, 1.54) is 6.33 Å². The number of H-pyrrole nitrogens is 1. The molecular formula is C34H34ClF3N8O3. The van der Waals surface area contributed by atoms with E-state index in [-0.39, 0.29) is 30.9 Å². The van der Waals surface area contributed by atoms with Gasteiger partial charge < -0.3 is 15.8 Å². The molecule has 15 heteroatoms. The monoisotopic (exact) mass is 694 g/mol. The molecule has 0 spiro atoms. The van der Waals surface area contributed by atoms with E-state index >= 15 is 0 Å². The summed E-state index contributed by atoms with van der Waals surface area (Å²) in [5.41, 5.74) is 5.46. The Kier molecular flexibility index (Phi) is 8.72. The average Bonchev–Trinajstić information content (AvgIpc) is 3.55. The number of nitrogens with two attached hydrogens (primary N) is 1. The summed E-state index contributed by atoms with van der Waals surface area (Å²) in [5, 5.41) is 8.93. The van der Waals surface area contributed by atoms with Crippen molar-refractivity contribution >= 4 is 29.3 Å². The number of carbonyl (C=O) groups is 2. The molecule has 3 atom stereocenters. The Labute approximate surface area is 285 Å². The van der Waals surface area contributed by atoms with Crippen LogP contribution < -0.4 is 11.1 Å². The number of ketones is 1. The SMILES string of the molecule is CC(C)(C)C[C@]1(c2ccc(-c3cnccn3)cc2)N=C(N)C([C@H](COC(=O)NC2(C(F)(F)F)CC2)c2ccc(Cl)c(-c3ncn[nH]3)c2)C1=O. The number of halogens is 4. The van der Waals surface area contributed by atoms with Gasteiger partial charge in [-0.1, -0.05) is 62.7 Å². The molecule has 11 nitrogen and oxygen atoms in total. The third-order valence-corrected chi connectivity index (χ3v) is 9.18. The highest BCUT2D eigenvalue weighted by molar-refractivity contribution is 6.33. The normalized spacial score (nSPS) is 20.8.